The maximum Gasteiger partial charge on any atom is 0.125 e. The Balaban J connectivity index is 2.09. The molecule has 0 saturated heterocycles. The van der Waals surface area contributed by atoms with Crippen LogP contribution >= 0.6 is 11.6 Å². The molecule has 0 amide bonds. The molecule has 2 aromatic rings. The summed E-state index contributed by atoms with van der Waals surface area (Å²) in [5.41, 5.74) is 1.95. The molecule has 0 bridgehead atoms. The van der Waals surface area contributed by atoms with Crippen LogP contribution in [0.25, 0.3) is 0 Å². The molecule has 4 heteroatoms. The third-order valence-electron chi connectivity index (χ3n) is 2.86. The molecule has 19 heavy (non-hydrogen) atoms. The van der Waals surface area contributed by atoms with Crippen LogP contribution in [0.15, 0.2) is 42.5 Å². The molecule has 1 N–H and O–H groups in total. The summed E-state index contributed by atoms with van der Waals surface area (Å²) in [6, 6.07) is 13.4. The van der Waals surface area contributed by atoms with Gasteiger partial charge in [-0.2, -0.15) is 0 Å². The number of hydrogen-bond acceptors (Lipinski definition) is 3. The molecule has 0 aliphatic rings. The van der Waals surface area contributed by atoms with Gasteiger partial charge in [0.15, 0.2) is 0 Å². The van der Waals surface area contributed by atoms with E-state index in [0.29, 0.717) is 11.6 Å². The smallest absolute Gasteiger partial charge is 0.125 e. The zero-order chi connectivity index (χ0) is 13.7. The van der Waals surface area contributed by atoms with Crippen molar-refractivity contribution in [3.63, 3.8) is 0 Å². The summed E-state index contributed by atoms with van der Waals surface area (Å²) >= 11 is 6.18. The van der Waals surface area contributed by atoms with Crippen LogP contribution in [0.5, 0.6) is 11.5 Å². The van der Waals surface area contributed by atoms with Crippen molar-refractivity contribution in [3.8, 4) is 11.5 Å². The van der Waals surface area contributed by atoms with Gasteiger partial charge in [-0.3, -0.25) is 0 Å². The van der Waals surface area contributed by atoms with E-state index < -0.39 is 0 Å². The van der Waals surface area contributed by atoms with Crippen LogP contribution in [-0.4, -0.2) is 14.2 Å². The van der Waals surface area contributed by atoms with Crippen molar-refractivity contribution in [3.05, 3.63) is 53.1 Å². The highest BCUT2D eigenvalue weighted by atomic mass is 35.5. The van der Waals surface area contributed by atoms with Gasteiger partial charge in [-0.25, -0.2) is 0 Å². The van der Waals surface area contributed by atoms with Crippen LogP contribution in [0.2, 0.25) is 5.02 Å². The molecule has 0 fully saturated rings. The minimum absolute atomic E-state index is 0.606. The van der Waals surface area contributed by atoms with E-state index in [9.17, 15) is 0 Å². The number of ether oxygens (including phenoxy) is 2. The second-order valence-corrected chi connectivity index (χ2v) is 4.41. The van der Waals surface area contributed by atoms with Crippen LogP contribution in [0.1, 0.15) is 5.56 Å². The third kappa shape index (κ3) is 3.32. The number of nitrogens with one attached hydrogen (secondary N) is 1. The Bertz CT molecular complexity index is 540. The Morgan fingerprint density at radius 2 is 1.74 bits per heavy atom. The Hall–Kier alpha value is -1.87. The van der Waals surface area contributed by atoms with Gasteiger partial charge in [0.25, 0.3) is 0 Å². The summed E-state index contributed by atoms with van der Waals surface area (Å²) in [4.78, 5) is 0. The molecule has 0 aliphatic carbocycles. The van der Waals surface area contributed by atoms with E-state index in [4.69, 9.17) is 21.1 Å². The predicted molar refractivity (Wildman–Crippen MR) is 78.3 cm³/mol. The highest BCUT2D eigenvalue weighted by Crippen LogP contribution is 2.27. The molecule has 2 rings (SSSR count). The number of anilines is 1. The van der Waals surface area contributed by atoms with Crippen molar-refractivity contribution >= 4 is 17.3 Å². The zero-order valence-electron chi connectivity index (χ0n) is 10.9. The molecular weight excluding hydrogens is 262 g/mol. The zero-order valence-corrected chi connectivity index (χ0v) is 11.7. The Morgan fingerprint density at radius 3 is 2.37 bits per heavy atom. The van der Waals surface area contributed by atoms with Gasteiger partial charge >= 0.3 is 0 Å². The van der Waals surface area contributed by atoms with Crippen LogP contribution in [0.4, 0.5) is 5.69 Å². The van der Waals surface area contributed by atoms with Gasteiger partial charge in [-0.05, 0) is 36.4 Å². The van der Waals surface area contributed by atoms with Crippen molar-refractivity contribution < 1.29 is 9.47 Å². The third-order valence-corrected chi connectivity index (χ3v) is 3.21. The summed E-state index contributed by atoms with van der Waals surface area (Å²) < 4.78 is 10.4. The van der Waals surface area contributed by atoms with Crippen LogP contribution in [0.3, 0.4) is 0 Å². The largest absolute Gasteiger partial charge is 0.497 e. The van der Waals surface area contributed by atoms with Gasteiger partial charge in [0, 0.05) is 22.8 Å². The van der Waals surface area contributed by atoms with Crippen LogP contribution in [-0.2, 0) is 6.54 Å². The summed E-state index contributed by atoms with van der Waals surface area (Å²) in [7, 11) is 3.29. The lowest BCUT2D eigenvalue weighted by Crippen LogP contribution is -2.02. The van der Waals surface area contributed by atoms with Crippen molar-refractivity contribution in [1.82, 2.24) is 0 Å². The number of hydrogen-bond donors (Lipinski definition) is 1. The van der Waals surface area contributed by atoms with Crippen LogP contribution in [0, 0.1) is 0 Å². The SMILES string of the molecule is COc1ccc(NCc2c(Cl)cccc2OC)cc1. The van der Waals surface area contributed by atoms with E-state index >= 15 is 0 Å². The maximum atomic E-state index is 6.18. The molecule has 0 aliphatic heterocycles. The Morgan fingerprint density at radius 1 is 1.00 bits per heavy atom. The average Bonchev–Trinajstić information content (AvgIpc) is 2.46. The number of halogens is 1. The summed E-state index contributed by atoms with van der Waals surface area (Å²) in [5.74, 6) is 1.62. The first-order chi connectivity index (χ1) is 9.24. The highest BCUT2D eigenvalue weighted by Gasteiger charge is 2.07. The van der Waals surface area contributed by atoms with Gasteiger partial charge in [0.2, 0.25) is 0 Å². The second kappa shape index (κ2) is 6.34. The summed E-state index contributed by atoms with van der Waals surface area (Å²) in [6.45, 7) is 0.606. The first-order valence-electron chi connectivity index (χ1n) is 5.94. The van der Waals surface area contributed by atoms with Crippen molar-refractivity contribution in [2.45, 2.75) is 6.54 Å². The first-order valence-corrected chi connectivity index (χ1v) is 6.31. The van der Waals surface area contributed by atoms with E-state index in [0.717, 1.165) is 22.7 Å². The lowest BCUT2D eigenvalue weighted by atomic mass is 10.2. The molecule has 0 aromatic heterocycles. The fourth-order valence-corrected chi connectivity index (χ4v) is 2.03. The van der Waals surface area contributed by atoms with E-state index in [2.05, 4.69) is 5.32 Å². The number of benzene rings is 2. The summed E-state index contributed by atoms with van der Waals surface area (Å²) in [5, 5.41) is 4.00. The number of methoxy groups -OCH3 is 2. The molecule has 3 nitrogen and oxygen atoms in total. The highest BCUT2D eigenvalue weighted by molar-refractivity contribution is 6.31. The second-order valence-electron chi connectivity index (χ2n) is 4.00. The molecule has 0 radical (unpaired) electrons. The minimum atomic E-state index is 0.606. The quantitative estimate of drug-likeness (QED) is 0.897. The summed E-state index contributed by atoms with van der Waals surface area (Å²) in [6.07, 6.45) is 0. The van der Waals surface area contributed by atoms with Gasteiger partial charge in [-0.1, -0.05) is 17.7 Å². The van der Waals surface area contributed by atoms with E-state index in [1.54, 1.807) is 14.2 Å². The van der Waals surface area contributed by atoms with Gasteiger partial charge < -0.3 is 14.8 Å². The minimum Gasteiger partial charge on any atom is -0.497 e. The average molecular weight is 278 g/mol. The molecule has 0 saturated carbocycles. The monoisotopic (exact) mass is 277 g/mol. The lowest BCUT2D eigenvalue weighted by Gasteiger charge is -2.12. The predicted octanol–water partition coefficient (Wildman–Crippen LogP) is 3.97. The van der Waals surface area contributed by atoms with Crippen LogP contribution < -0.4 is 14.8 Å². The van der Waals surface area contributed by atoms with Gasteiger partial charge in [0.1, 0.15) is 11.5 Å². The van der Waals surface area contributed by atoms with E-state index in [1.807, 2.05) is 42.5 Å². The number of rotatable bonds is 5. The fourth-order valence-electron chi connectivity index (χ4n) is 1.80. The molecule has 0 spiro atoms. The maximum absolute atomic E-state index is 6.18. The topological polar surface area (TPSA) is 30.5 Å². The molecule has 0 atom stereocenters. The molecular formula is C15H16ClNO2. The Kier molecular flexibility index (Phi) is 4.53. The van der Waals surface area contributed by atoms with Crippen molar-refractivity contribution in [2.75, 3.05) is 19.5 Å². The molecule has 0 unspecified atom stereocenters. The fraction of sp³-hybridized carbons (Fsp3) is 0.200. The van der Waals surface area contributed by atoms with E-state index in [1.165, 1.54) is 0 Å². The van der Waals surface area contributed by atoms with Crippen molar-refractivity contribution in [1.29, 1.82) is 0 Å². The standard InChI is InChI=1S/C15H16ClNO2/c1-18-12-8-6-11(7-9-12)17-10-13-14(16)4-3-5-15(13)19-2/h3-9,17H,10H2,1-2H3. The normalized spacial score (nSPS) is 10.1. The molecule has 100 valence electrons. The lowest BCUT2D eigenvalue weighted by molar-refractivity contribution is 0.410. The van der Waals surface area contributed by atoms with Crippen molar-refractivity contribution in [2.24, 2.45) is 0 Å². The van der Waals surface area contributed by atoms with E-state index in [-0.39, 0.29) is 0 Å². The van der Waals surface area contributed by atoms with Gasteiger partial charge in [-0.15, -0.1) is 0 Å². The molecule has 2 aromatic carbocycles. The molecule has 0 heterocycles. The first kappa shape index (κ1) is 13.6. The van der Waals surface area contributed by atoms with Gasteiger partial charge in [0.05, 0.1) is 14.2 Å². The Labute approximate surface area is 118 Å².